The average Bonchev–Trinajstić information content (AvgIpc) is 3.97. The van der Waals surface area contributed by atoms with Crippen molar-refractivity contribution < 1.29 is 44.6 Å². The van der Waals surface area contributed by atoms with Crippen molar-refractivity contribution in [3.8, 4) is 0 Å². The molecular formula is C35H36N10O9. The third-order valence-electron chi connectivity index (χ3n) is 9.06. The highest BCUT2D eigenvalue weighted by Crippen LogP contribution is 2.34. The van der Waals surface area contributed by atoms with Crippen LogP contribution < -0.4 is 10.6 Å². The molecule has 0 aliphatic carbocycles. The molecule has 2 unspecified atom stereocenters. The van der Waals surface area contributed by atoms with E-state index in [1.165, 1.54) is 29.9 Å². The third-order valence-corrected chi connectivity index (χ3v) is 9.06. The smallest absolute Gasteiger partial charge is 0.256 e. The number of amides is 2. The molecule has 2 aliphatic heterocycles. The average molecular weight is 741 g/mol. The molecule has 0 saturated carbocycles. The fourth-order valence-electron chi connectivity index (χ4n) is 6.20. The summed E-state index contributed by atoms with van der Waals surface area (Å²) in [6.07, 6.45) is -1.84. The molecule has 6 aromatic rings. The molecule has 280 valence electrons. The van der Waals surface area contributed by atoms with Gasteiger partial charge in [-0.2, -0.15) is 0 Å². The molecule has 0 bridgehead atoms. The van der Waals surface area contributed by atoms with Crippen LogP contribution in [0.3, 0.4) is 0 Å². The van der Waals surface area contributed by atoms with Gasteiger partial charge in [0.05, 0.1) is 25.4 Å². The van der Waals surface area contributed by atoms with Crippen LogP contribution in [0.2, 0.25) is 0 Å². The van der Waals surface area contributed by atoms with Crippen LogP contribution in [0.25, 0.3) is 22.3 Å². The van der Waals surface area contributed by atoms with E-state index in [-0.39, 0.29) is 23.5 Å². The Labute approximate surface area is 305 Å². The van der Waals surface area contributed by atoms with Gasteiger partial charge < -0.3 is 45.6 Å². The predicted molar refractivity (Wildman–Crippen MR) is 189 cm³/mol. The molecule has 2 aromatic carbocycles. The molecule has 7 N–H and O–H groups in total. The zero-order chi connectivity index (χ0) is 37.9. The van der Waals surface area contributed by atoms with E-state index in [4.69, 9.17) is 9.47 Å². The van der Waals surface area contributed by atoms with Gasteiger partial charge in [-0.25, -0.2) is 29.9 Å². The second-order valence-corrected chi connectivity index (χ2v) is 12.4. The number of carbonyl (C=O) groups is 2. The first-order valence-corrected chi connectivity index (χ1v) is 16.9. The Morgan fingerprint density at radius 1 is 0.630 bits per heavy atom. The number of benzene rings is 2. The van der Waals surface area contributed by atoms with Crippen LogP contribution in [0.5, 0.6) is 0 Å². The van der Waals surface area contributed by atoms with Crippen LogP contribution in [-0.2, 0) is 9.47 Å². The molecule has 0 spiro atoms. The molecule has 0 radical (unpaired) electrons. The van der Waals surface area contributed by atoms with Gasteiger partial charge >= 0.3 is 0 Å². The van der Waals surface area contributed by atoms with Crippen LogP contribution in [0.1, 0.15) is 46.5 Å². The Balaban J connectivity index is 0.000000167. The molecule has 2 fully saturated rings. The van der Waals surface area contributed by atoms with Crippen molar-refractivity contribution in [2.45, 2.75) is 62.4 Å². The Morgan fingerprint density at radius 3 is 1.44 bits per heavy atom. The molecule has 2 aliphatic rings. The number of nitrogens with zero attached hydrogens (tertiary/aromatic N) is 8. The minimum absolute atomic E-state index is 0.208. The Bertz CT molecular complexity index is 2080. The van der Waals surface area contributed by atoms with Crippen molar-refractivity contribution in [1.82, 2.24) is 39.0 Å². The lowest BCUT2D eigenvalue weighted by Crippen LogP contribution is -2.33. The lowest BCUT2D eigenvalue weighted by Gasteiger charge is -2.16. The fraction of sp³-hybridized carbons (Fsp3) is 0.314. The number of ether oxygens (including phenoxy) is 2. The van der Waals surface area contributed by atoms with E-state index in [1.807, 2.05) is 19.1 Å². The molecule has 6 heterocycles. The van der Waals surface area contributed by atoms with Crippen LogP contribution in [0.4, 0.5) is 11.6 Å². The van der Waals surface area contributed by atoms with E-state index in [0.717, 1.165) is 0 Å². The van der Waals surface area contributed by atoms with E-state index < -0.39 is 55.7 Å². The van der Waals surface area contributed by atoms with Crippen molar-refractivity contribution in [1.29, 1.82) is 0 Å². The summed E-state index contributed by atoms with van der Waals surface area (Å²) in [5.74, 6) is -0.200. The first-order valence-electron chi connectivity index (χ1n) is 16.9. The summed E-state index contributed by atoms with van der Waals surface area (Å²) in [6.45, 7) is 1.43. The van der Waals surface area contributed by atoms with Crippen molar-refractivity contribution in [3.63, 3.8) is 0 Å². The lowest BCUT2D eigenvalue weighted by molar-refractivity contribution is -0.0511. The largest absolute Gasteiger partial charge is 0.394 e. The molecule has 19 heteroatoms. The van der Waals surface area contributed by atoms with E-state index in [1.54, 1.807) is 53.1 Å². The van der Waals surface area contributed by atoms with Gasteiger partial charge in [0, 0.05) is 11.1 Å². The van der Waals surface area contributed by atoms with Crippen molar-refractivity contribution in [2.24, 2.45) is 0 Å². The Morgan fingerprint density at radius 2 is 1.06 bits per heavy atom. The quantitative estimate of drug-likeness (QED) is 0.114. The third kappa shape index (κ3) is 6.99. The highest BCUT2D eigenvalue weighted by molar-refractivity contribution is 6.07. The number of anilines is 2. The molecular weight excluding hydrogens is 704 g/mol. The van der Waals surface area contributed by atoms with Crippen LogP contribution in [0, 0.1) is 0 Å². The van der Waals surface area contributed by atoms with Gasteiger partial charge in [-0.3, -0.25) is 18.7 Å². The number of rotatable bonds is 8. The summed E-state index contributed by atoms with van der Waals surface area (Å²) >= 11 is 0. The van der Waals surface area contributed by atoms with Crippen molar-refractivity contribution in [3.05, 3.63) is 97.1 Å². The maximum Gasteiger partial charge on any atom is 0.256 e. The molecule has 8 atom stereocenters. The number of carbonyl (C=O) groups excluding carboxylic acids is 2. The van der Waals surface area contributed by atoms with E-state index in [0.29, 0.717) is 39.9 Å². The molecule has 2 saturated heterocycles. The highest BCUT2D eigenvalue weighted by atomic mass is 16.6. The van der Waals surface area contributed by atoms with Crippen molar-refractivity contribution >= 4 is 45.8 Å². The maximum atomic E-state index is 12.4. The summed E-state index contributed by atoms with van der Waals surface area (Å²) in [6, 6.07) is 17.4. The second kappa shape index (κ2) is 15.7. The second-order valence-electron chi connectivity index (χ2n) is 12.4. The fourth-order valence-corrected chi connectivity index (χ4v) is 6.20. The first-order chi connectivity index (χ1) is 26.2. The van der Waals surface area contributed by atoms with Gasteiger partial charge in [-0.15, -0.1) is 0 Å². The zero-order valence-corrected chi connectivity index (χ0v) is 28.6. The van der Waals surface area contributed by atoms with E-state index >= 15 is 0 Å². The summed E-state index contributed by atoms with van der Waals surface area (Å²) in [5, 5.41) is 55.2. The molecule has 2 amide bonds. The number of aliphatic hydroxyl groups excluding tert-OH is 5. The topological polar surface area (TPSA) is 265 Å². The summed E-state index contributed by atoms with van der Waals surface area (Å²) in [5.41, 5.74) is 2.33. The van der Waals surface area contributed by atoms with Gasteiger partial charge in [-0.05, 0) is 30.7 Å². The number of nitrogens with one attached hydrogen (secondary N) is 2. The van der Waals surface area contributed by atoms with Gasteiger partial charge in [0.2, 0.25) is 0 Å². The molecule has 19 nitrogen and oxygen atoms in total. The number of aromatic nitrogens is 8. The SMILES string of the molecule is CC[C@H]1O[C@@H](n2cnc3c(NC(=O)c4ccccc4)ncnc32)[C@@H](O)C1O.O=C(Nc1ncnc2c1ncn2[C@@H]1O[C@H](CO)C(O)[C@@H]1O)c1ccccc1. The van der Waals surface area contributed by atoms with Crippen LogP contribution in [-0.4, -0.2) is 120 Å². The minimum Gasteiger partial charge on any atom is -0.394 e. The highest BCUT2D eigenvalue weighted by Gasteiger charge is 2.45. The molecule has 54 heavy (non-hydrogen) atoms. The summed E-state index contributed by atoms with van der Waals surface area (Å²) < 4.78 is 14.2. The Kier molecular flexibility index (Phi) is 10.6. The molecule has 4 aromatic heterocycles. The first kappa shape index (κ1) is 36.6. The molecule has 8 rings (SSSR count). The number of fused-ring (bicyclic) bond motifs is 2. The van der Waals surface area contributed by atoms with Gasteiger partial charge in [0.25, 0.3) is 11.8 Å². The van der Waals surface area contributed by atoms with E-state index in [2.05, 4.69) is 40.5 Å². The number of hydrogen-bond acceptors (Lipinski definition) is 15. The van der Waals surface area contributed by atoms with E-state index in [9.17, 15) is 35.1 Å². The number of imidazole rings is 2. The summed E-state index contributed by atoms with van der Waals surface area (Å²) in [7, 11) is 0. The van der Waals surface area contributed by atoms with Gasteiger partial charge in [0.15, 0.2) is 46.4 Å². The maximum absolute atomic E-state index is 12.4. The van der Waals surface area contributed by atoms with Gasteiger partial charge in [-0.1, -0.05) is 43.3 Å². The lowest BCUT2D eigenvalue weighted by atomic mass is 10.1. The summed E-state index contributed by atoms with van der Waals surface area (Å²) in [4.78, 5) is 49.8. The number of aliphatic hydroxyl groups is 5. The van der Waals surface area contributed by atoms with Crippen molar-refractivity contribution in [2.75, 3.05) is 17.2 Å². The Hall–Kier alpha value is -5.80. The minimum atomic E-state index is -1.27. The predicted octanol–water partition coefficient (Wildman–Crippen LogP) is 0.798. The van der Waals surface area contributed by atoms with Crippen LogP contribution >= 0.6 is 0 Å². The normalized spacial score (nSPS) is 25.0. The number of hydrogen-bond donors (Lipinski definition) is 7. The zero-order valence-electron chi connectivity index (χ0n) is 28.6. The van der Waals surface area contributed by atoms with Gasteiger partial charge in [0.1, 0.15) is 43.2 Å². The van der Waals surface area contributed by atoms with Crippen LogP contribution in [0.15, 0.2) is 86.0 Å². The monoisotopic (exact) mass is 740 g/mol. The standard InChI is InChI=1S/C18H19N5O4.C17H17N5O5/c1-2-11-13(24)14(25)18(27-11)23-9-21-12-15(19-8-20-16(12)23)22-17(26)10-6-4-3-5-7-10;23-6-10-12(24)13(25)17(27-10)22-8-20-11-14(18-7-19-15(11)22)21-16(26)9-4-2-1-3-5-9/h3-9,11,13-14,18,24-25H,2H2,1H3,(H,19,20,22,26);1-5,7-8,10,12-13,17,23-25H,6H2,(H,18,19,21,26)/t11-,13?,14+,18-;10-,12?,13+,17-/m11/s1.